The second-order valence-corrected chi connectivity index (χ2v) is 9.44. The summed E-state index contributed by atoms with van der Waals surface area (Å²) in [6, 6.07) is 16.1. The van der Waals surface area contributed by atoms with E-state index in [1.165, 1.54) is 0 Å². The summed E-state index contributed by atoms with van der Waals surface area (Å²) in [5.74, 6) is 0.478. The van der Waals surface area contributed by atoms with Gasteiger partial charge in [-0.3, -0.25) is 9.59 Å². The van der Waals surface area contributed by atoms with Crippen molar-refractivity contribution in [1.82, 2.24) is 15.5 Å². The van der Waals surface area contributed by atoms with Gasteiger partial charge in [0.15, 0.2) is 0 Å². The molecule has 1 saturated heterocycles. The number of nitrogens with two attached hydrogens (primary N) is 1. The lowest BCUT2D eigenvalue weighted by Crippen LogP contribution is -2.53. The first-order valence-corrected chi connectivity index (χ1v) is 12.9. The highest BCUT2D eigenvalue weighted by atomic mass is 35.5. The number of aliphatic hydroxyl groups is 1. The van der Waals surface area contributed by atoms with Crippen LogP contribution in [0.5, 0.6) is 5.75 Å². The number of methoxy groups -OCH3 is 1. The molecule has 0 bridgehead atoms. The molecule has 1 aliphatic heterocycles. The Morgan fingerprint density at radius 2 is 1.71 bits per heavy atom. The number of halogens is 2. The topological polar surface area (TPSA) is 117 Å². The van der Waals surface area contributed by atoms with Gasteiger partial charge in [0.25, 0.3) is 0 Å². The summed E-state index contributed by atoms with van der Waals surface area (Å²) in [7, 11) is 1.63. The van der Waals surface area contributed by atoms with Gasteiger partial charge in [0, 0.05) is 32.6 Å². The zero-order valence-corrected chi connectivity index (χ0v) is 23.6. The van der Waals surface area contributed by atoms with Crippen LogP contribution in [0.3, 0.4) is 0 Å². The van der Waals surface area contributed by atoms with E-state index in [1.54, 1.807) is 7.11 Å². The second-order valence-electron chi connectivity index (χ2n) is 9.44. The van der Waals surface area contributed by atoms with Gasteiger partial charge in [0.05, 0.1) is 25.3 Å². The maximum Gasteiger partial charge on any atom is 0.237 e. The van der Waals surface area contributed by atoms with Crippen LogP contribution in [0.25, 0.3) is 0 Å². The Hall–Kier alpha value is -2.36. The number of aliphatic hydroxyl groups excluding tert-OH is 1. The van der Waals surface area contributed by atoms with Gasteiger partial charge in [-0.2, -0.15) is 0 Å². The van der Waals surface area contributed by atoms with E-state index in [9.17, 15) is 14.7 Å². The van der Waals surface area contributed by atoms with Crippen molar-refractivity contribution in [1.29, 1.82) is 0 Å². The molecule has 3 atom stereocenters. The molecule has 0 spiro atoms. The summed E-state index contributed by atoms with van der Waals surface area (Å²) in [6.45, 7) is 2.42. The summed E-state index contributed by atoms with van der Waals surface area (Å²) < 4.78 is 5.26. The lowest BCUT2D eigenvalue weighted by molar-refractivity contribution is -0.132. The largest absolute Gasteiger partial charge is 0.497 e. The second kappa shape index (κ2) is 18.0. The molecule has 0 radical (unpaired) electrons. The molecular formula is C28H42Cl2N4O4. The molecule has 3 rings (SSSR count). The van der Waals surface area contributed by atoms with Gasteiger partial charge in [-0.15, -0.1) is 24.8 Å². The first kappa shape index (κ1) is 33.7. The lowest BCUT2D eigenvalue weighted by atomic mass is 10.00. The summed E-state index contributed by atoms with van der Waals surface area (Å²) in [6.07, 6.45) is 3.39. The molecule has 212 valence electrons. The molecule has 2 aromatic rings. The average molecular weight is 570 g/mol. The Balaban J connectivity index is 0.00000361. The minimum atomic E-state index is -0.832. The Morgan fingerprint density at radius 1 is 1.03 bits per heavy atom. The van der Waals surface area contributed by atoms with Gasteiger partial charge in [0.1, 0.15) is 5.75 Å². The summed E-state index contributed by atoms with van der Waals surface area (Å²) >= 11 is 0. The number of piperidine rings is 1. The quantitative estimate of drug-likeness (QED) is 0.295. The molecule has 1 heterocycles. The van der Waals surface area contributed by atoms with Crippen molar-refractivity contribution in [2.75, 3.05) is 26.7 Å². The first-order valence-electron chi connectivity index (χ1n) is 12.9. The fourth-order valence-electron chi connectivity index (χ4n) is 4.44. The van der Waals surface area contributed by atoms with Crippen LogP contribution >= 0.6 is 24.8 Å². The maximum absolute atomic E-state index is 12.9. The van der Waals surface area contributed by atoms with Crippen LogP contribution < -0.4 is 21.1 Å². The Morgan fingerprint density at radius 3 is 2.39 bits per heavy atom. The highest BCUT2D eigenvalue weighted by molar-refractivity contribution is 5.85. The van der Waals surface area contributed by atoms with E-state index < -0.39 is 18.2 Å². The monoisotopic (exact) mass is 568 g/mol. The zero-order chi connectivity index (χ0) is 25.8. The maximum atomic E-state index is 12.9. The minimum Gasteiger partial charge on any atom is -0.497 e. The van der Waals surface area contributed by atoms with Gasteiger partial charge in [0.2, 0.25) is 11.8 Å². The SMILES string of the molecule is COc1cccc(CNC[C@@H](O)[C@H](Cc2ccccc2)NC(=O)[C@@H](N)CCC(=O)N2CCCCC2)c1.Cl.Cl. The van der Waals surface area contributed by atoms with E-state index in [4.69, 9.17) is 10.5 Å². The summed E-state index contributed by atoms with van der Waals surface area (Å²) in [4.78, 5) is 27.2. The van der Waals surface area contributed by atoms with E-state index >= 15 is 0 Å². The van der Waals surface area contributed by atoms with Crippen molar-refractivity contribution in [2.24, 2.45) is 5.73 Å². The Labute approximate surface area is 238 Å². The fourth-order valence-corrected chi connectivity index (χ4v) is 4.44. The Bertz CT molecular complexity index is 961. The van der Waals surface area contributed by atoms with Crippen molar-refractivity contribution in [3.8, 4) is 5.75 Å². The summed E-state index contributed by atoms with van der Waals surface area (Å²) in [5, 5.41) is 17.2. The van der Waals surface area contributed by atoms with E-state index in [0.29, 0.717) is 13.0 Å². The lowest BCUT2D eigenvalue weighted by Gasteiger charge is -2.28. The molecule has 10 heteroatoms. The number of amides is 2. The van der Waals surface area contributed by atoms with Gasteiger partial charge in [-0.1, -0.05) is 42.5 Å². The standard InChI is InChI=1S/C28H40N4O4.2ClH/c1-36-23-12-8-11-22(17-23)19-30-20-26(33)25(18-21-9-4-2-5-10-21)31-28(35)24(29)13-14-27(34)32-15-6-3-7-16-32;;/h2,4-5,8-12,17,24-26,30,33H,3,6-7,13-16,18-20,29H2,1H3,(H,31,35);2*1H/t24-,25-,26+;;/m0../s1. The molecule has 0 unspecified atom stereocenters. The number of nitrogens with one attached hydrogen (secondary N) is 2. The van der Waals surface area contributed by atoms with Crippen molar-refractivity contribution in [3.63, 3.8) is 0 Å². The number of ether oxygens (including phenoxy) is 1. The van der Waals surface area contributed by atoms with E-state index in [2.05, 4.69) is 10.6 Å². The van der Waals surface area contributed by atoms with Crippen LogP contribution in [-0.4, -0.2) is 66.8 Å². The van der Waals surface area contributed by atoms with E-state index in [0.717, 1.165) is 49.2 Å². The van der Waals surface area contributed by atoms with Crippen molar-refractivity contribution < 1.29 is 19.4 Å². The number of carbonyl (C=O) groups is 2. The van der Waals surface area contributed by atoms with Gasteiger partial charge in [-0.05, 0) is 55.4 Å². The van der Waals surface area contributed by atoms with Crippen LogP contribution in [-0.2, 0) is 22.6 Å². The van der Waals surface area contributed by atoms with Gasteiger partial charge in [-0.25, -0.2) is 0 Å². The number of rotatable bonds is 13. The zero-order valence-electron chi connectivity index (χ0n) is 22.0. The third-order valence-corrected chi connectivity index (χ3v) is 6.62. The fraction of sp³-hybridized carbons (Fsp3) is 0.500. The number of hydrogen-bond donors (Lipinski definition) is 4. The molecule has 5 N–H and O–H groups in total. The number of likely N-dealkylation sites (tertiary alicyclic amines) is 1. The molecule has 38 heavy (non-hydrogen) atoms. The number of hydrogen-bond acceptors (Lipinski definition) is 6. The number of carbonyl (C=O) groups excluding carboxylic acids is 2. The molecule has 2 amide bonds. The molecule has 0 aliphatic carbocycles. The van der Waals surface area contributed by atoms with Crippen molar-refractivity contribution in [2.45, 2.75) is 63.3 Å². The predicted octanol–water partition coefficient (Wildman–Crippen LogP) is 2.84. The van der Waals surface area contributed by atoms with Crippen LogP contribution in [0.1, 0.15) is 43.2 Å². The van der Waals surface area contributed by atoms with Gasteiger partial charge < -0.3 is 31.1 Å². The molecule has 2 aromatic carbocycles. The minimum absolute atomic E-state index is 0. The molecular weight excluding hydrogens is 527 g/mol. The van der Waals surface area contributed by atoms with Gasteiger partial charge >= 0.3 is 0 Å². The van der Waals surface area contributed by atoms with Crippen molar-refractivity contribution >= 4 is 36.6 Å². The Kier molecular flexibility index (Phi) is 16.0. The van der Waals surface area contributed by atoms with E-state index in [1.807, 2.05) is 59.5 Å². The van der Waals surface area contributed by atoms with Crippen LogP contribution in [0.4, 0.5) is 0 Å². The molecule has 0 saturated carbocycles. The molecule has 8 nitrogen and oxygen atoms in total. The summed E-state index contributed by atoms with van der Waals surface area (Å²) in [5.41, 5.74) is 8.18. The highest BCUT2D eigenvalue weighted by Gasteiger charge is 2.25. The van der Waals surface area contributed by atoms with Crippen LogP contribution in [0.2, 0.25) is 0 Å². The number of benzene rings is 2. The molecule has 0 aromatic heterocycles. The highest BCUT2D eigenvalue weighted by Crippen LogP contribution is 2.13. The first-order chi connectivity index (χ1) is 17.5. The smallest absolute Gasteiger partial charge is 0.237 e. The third kappa shape index (κ3) is 11.2. The average Bonchev–Trinajstić information content (AvgIpc) is 2.92. The van der Waals surface area contributed by atoms with Crippen molar-refractivity contribution in [3.05, 3.63) is 65.7 Å². The third-order valence-electron chi connectivity index (χ3n) is 6.62. The predicted molar refractivity (Wildman–Crippen MR) is 155 cm³/mol. The van der Waals surface area contributed by atoms with Crippen LogP contribution in [0.15, 0.2) is 54.6 Å². The van der Waals surface area contributed by atoms with Crippen LogP contribution in [0, 0.1) is 0 Å². The van der Waals surface area contributed by atoms with E-state index in [-0.39, 0.29) is 56.0 Å². The molecule has 1 fully saturated rings. The number of nitrogens with zero attached hydrogens (tertiary/aromatic N) is 1. The molecule has 1 aliphatic rings. The normalized spacial score (nSPS) is 15.3.